The van der Waals surface area contributed by atoms with E-state index in [1.54, 1.807) is 23.8 Å². The van der Waals surface area contributed by atoms with Gasteiger partial charge in [-0.2, -0.15) is 0 Å². The Bertz CT molecular complexity index is 694. The van der Waals surface area contributed by atoms with Crippen LogP contribution in [0.2, 0.25) is 0 Å². The van der Waals surface area contributed by atoms with Crippen molar-refractivity contribution in [2.75, 3.05) is 20.2 Å². The summed E-state index contributed by atoms with van der Waals surface area (Å²) in [5.74, 6) is 0.617. The summed E-state index contributed by atoms with van der Waals surface area (Å²) in [6, 6.07) is 8.74. The van der Waals surface area contributed by atoms with E-state index < -0.39 is 0 Å². The third-order valence-corrected chi connectivity index (χ3v) is 3.23. The molecule has 0 saturated heterocycles. The Morgan fingerprint density at radius 1 is 1.33 bits per heavy atom. The number of benzene rings is 1. The van der Waals surface area contributed by atoms with E-state index in [2.05, 4.69) is 5.32 Å². The molecule has 0 atom stereocenters. The number of nitrogens with two attached hydrogens (primary N) is 1. The van der Waals surface area contributed by atoms with E-state index in [9.17, 15) is 9.59 Å². The number of rotatable bonds is 6. The Hall–Kier alpha value is -2.34. The summed E-state index contributed by atoms with van der Waals surface area (Å²) in [4.78, 5) is 23.6. The van der Waals surface area contributed by atoms with E-state index in [0.717, 1.165) is 16.7 Å². The minimum atomic E-state index is -0.126. The lowest BCUT2D eigenvalue weighted by Gasteiger charge is -2.11. The summed E-state index contributed by atoms with van der Waals surface area (Å²) >= 11 is 0. The fraction of sp³-hybridized carbons (Fsp3) is 0.333. The fourth-order valence-electron chi connectivity index (χ4n) is 2.15. The highest BCUT2D eigenvalue weighted by molar-refractivity contribution is 5.81. The minimum Gasteiger partial charge on any atom is -0.497 e. The molecule has 0 bridgehead atoms. The average molecular weight is 289 g/mol. The number of hydrogen-bond donors (Lipinski definition) is 2. The van der Waals surface area contributed by atoms with Crippen molar-refractivity contribution in [1.82, 2.24) is 9.88 Å². The third-order valence-electron chi connectivity index (χ3n) is 3.23. The van der Waals surface area contributed by atoms with E-state index in [-0.39, 0.29) is 17.9 Å². The first-order valence-corrected chi connectivity index (χ1v) is 6.80. The van der Waals surface area contributed by atoms with Crippen LogP contribution in [0.1, 0.15) is 6.42 Å². The molecule has 2 rings (SSSR count). The van der Waals surface area contributed by atoms with Gasteiger partial charge in [-0.25, -0.2) is 0 Å². The van der Waals surface area contributed by atoms with Crippen molar-refractivity contribution in [2.24, 2.45) is 5.73 Å². The van der Waals surface area contributed by atoms with Crippen molar-refractivity contribution in [3.05, 3.63) is 40.7 Å². The summed E-state index contributed by atoms with van der Waals surface area (Å²) in [5, 5.41) is 3.59. The Morgan fingerprint density at radius 2 is 2.14 bits per heavy atom. The van der Waals surface area contributed by atoms with Gasteiger partial charge < -0.3 is 20.4 Å². The number of methoxy groups -OCH3 is 1. The molecule has 3 N–H and O–H groups in total. The van der Waals surface area contributed by atoms with Crippen molar-refractivity contribution >= 4 is 16.8 Å². The van der Waals surface area contributed by atoms with Crippen LogP contribution in [0.3, 0.4) is 0 Å². The number of aromatic nitrogens is 1. The fourth-order valence-corrected chi connectivity index (χ4v) is 2.15. The molecule has 0 aliphatic carbocycles. The molecule has 1 aromatic heterocycles. The number of hydrogen-bond acceptors (Lipinski definition) is 4. The quantitative estimate of drug-likeness (QED) is 0.809. The van der Waals surface area contributed by atoms with Crippen LogP contribution in [0.25, 0.3) is 10.9 Å². The molecule has 0 spiro atoms. The van der Waals surface area contributed by atoms with Crippen LogP contribution in [0.4, 0.5) is 0 Å². The molecule has 0 saturated carbocycles. The van der Waals surface area contributed by atoms with Crippen molar-refractivity contribution in [3.8, 4) is 5.75 Å². The highest BCUT2D eigenvalue weighted by Gasteiger charge is 2.07. The van der Waals surface area contributed by atoms with E-state index in [1.807, 2.05) is 12.1 Å². The van der Waals surface area contributed by atoms with Crippen LogP contribution in [0, 0.1) is 0 Å². The molecule has 2 aromatic rings. The van der Waals surface area contributed by atoms with Crippen LogP contribution in [0.15, 0.2) is 35.1 Å². The van der Waals surface area contributed by atoms with Gasteiger partial charge in [0, 0.05) is 37.5 Å². The molecule has 6 nitrogen and oxygen atoms in total. The van der Waals surface area contributed by atoms with Crippen LogP contribution in [0.5, 0.6) is 5.75 Å². The second kappa shape index (κ2) is 6.90. The molecule has 1 aromatic carbocycles. The van der Waals surface area contributed by atoms with Gasteiger partial charge >= 0.3 is 0 Å². The number of fused-ring (bicyclic) bond motifs is 1. The lowest BCUT2D eigenvalue weighted by atomic mass is 10.2. The predicted molar refractivity (Wildman–Crippen MR) is 81.4 cm³/mol. The molecule has 0 aliphatic heterocycles. The molecule has 0 aliphatic rings. The summed E-state index contributed by atoms with van der Waals surface area (Å²) in [5.41, 5.74) is 5.99. The van der Waals surface area contributed by atoms with Crippen LogP contribution < -0.4 is 21.3 Å². The molecule has 0 radical (unpaired) electrons. The number of ether oxygens (including phenoxy) is 1. The monoisotopic (exact) mass is 289 g/mol. The van der Waals surface area contributed by atoms with Gasteiger partial charge in [-0.15, -0.1) is 0 Å². The van der Waals surface area contributed by atoms with E-state index in [4.69, 9.17) is 10.5 Å². The lowest BCUT2D eigenvalue weighted by Crippen LogP contribution is -2.31. The average Bonchev–Trinajstić information content (AvgIpc) is 2.51. The molecular weight excluding hydrogens is 270 g/mol. The zero-order chi connectivity index (χ0) is 15.2. The highest BCUT2D eigenvalue weighted by Crippen LogP contribution is 2.19. The molecule has 0 unspecified atom stereocenters. The number of carbonyl (C=O) groups is 1. The van der Waals surface area contributed by atoms with Crippen LogP contribution >= 0.6 is 0 Å². The molecule has 112 valence electrons. The molecular formula is C15H19N3O3. The maximum Gasteiger partial charge on any atom is 0.251 e. The Morgan fingerprint density at radius 3 is 2.86 bits per heavy atom. The van der Waals surface area contributed by atoms with E-state index >= 15 is 0 Å². The number of aryl methyl sites for hydroxylation is 1. The number of pyridine rings is 1. The van der Waals surface area contributed by atoms with Crippen molar-refractivity contribution in [2.45, 2.75) is 13.0 Å². The van der Waals surface area contributed by atoms with E-state index in [0.29, 0.717) is 19.6 Å². The Balaban J connectivity index is 2.24. The summed E-state index contributed by atoms with van der Waals surface area (Å²) in [7, 11) is 1.60. The first-order chi connectivity index (χ1) is 10.2. The van der Waals surface area contributed by atoms with Gasteiger partial charge in [-0.3, -0.25) is 9.59 Å². The van der Waals surface area contributed by atoms with Crippen LogP contribution in [-0.2, 0) is 11.3 Å². The third kappa shape index (κ3) is 3.61. The van der Waals surface area contributed by atoms with Gasteiger partial charge in [0.25, 0.3) is 5.56 Å². The Labute approximate surface area is 122 Å². The predicted octanol–water partition coefficient (Wildman–Crippen LogP) is 0.475. The smallest absolute Gasteiger partial charge is 0.251 e. The second-order valence-corrected chi connectivity index (χ2v) is 4.64. The number of carbonyl (C=O) groups excluding carboxylic acids is 1. The van der Waals surface area contributed by atoms with E-state index in [1.165, 1.54) is 6.07 Å². The first-order valence-electron chi connectivity index (χ1n) is 6.80. The standard InChI is InChI=1S/C15H19N3O3/c1-21-12-3-4-13-11(10-12)2-5-15(20)18(13)9-6-14(19)17-8-7-16/h2-5,10H,6-9,16H2,1H3,(H,17,19). The molecule has 0 fully saturated rings. The minimum absolute atomic E-state index is 0.113. The number of amides is 1. The maximum atomic E-state index is 12.0. The Kier molecular flexibility index (Phi) is 4.94. The number of nitrogens with zero attached hydrogens (tertiary/aromatic N) is 1. The van der Waals surface area contributed by atoms with Gasteiger partial charge in [-0.05, 0) is 24.3 Å². The summed E-state index contributed by atoms with van der Waals surface area (Å²) in [6.07, 6.45) is 0.241. The second-order valence-electron chi connectivity index (χ2n) is 4.64. The topological polar surface area (TPSA) is 86.3 Å². The summed E-state index contributed by atoms with van der Waals surface area (Å²) < 4.78 is 6.77. The maximum absolute atomic E-state index is 12.0. The zero-order valence-electron chi connectivity index (χ0n) is 12.0. The largest absolute Gasteiger partial charge is 0.497 e. The molecule has 21 heavy (non-hydrogen) atoms. The molecule has 6 heteroatoms. The van der Waals surface area contributed by atoms with Gasteiger partial charge in [0.05, 0.1) is 12.6 Å². The molecule has 1 amide bonds. The van der Waals surface area contributed by atoms with Gasteiger partial charge in [-0.1, -0.05) is 0 Å². The highest BCUT2D eigenvalue weighted by atomic mass is 16.5. The normalized spacial score (nSPS) is 10.6. The zero-order valence-corrected chi connectivity index (χ0v) is 12.0. The van der Waals surface area contributed by atoms with Crippen LogP contribution in [-0.4, -0.2) is 30.7 Å². The lowest BCUT2D eigenvalue weighted by molar-refractivity contribution is -0.121. The van der Waals surface area contributed by atoms with Gasteiger partial charge in [0.1, 0.15) is 5.75 Å². The SMILES string of the molecule is COc1ccc2c(ccc(=O)n2CCC(=O)NCCN)c1. The first kappa shape index (κ1) is 15.1. The van der Waals surface area contributed by atoms with Crippen molar-refractivity contribution in [3.63, 3.8) is 0 Å². The van der Waals surface area contributed by atoms with Crippen molar-refractivity contribution in [1.29, 1.82) is 0 Å². The summed E-state index contributed by atoms with van der Waals surface area (Å²) in [6.45, 7) is 1.18. The number of nitrogens with one attached hydrogen (secondary N) is 1. The molecule has 1 heterocycles. The van der Waals surface area contributed by atoms with Crippen molar-refractivity contribution < 1.29 is 9.53 Å². The van der Waals surface area contributed by atoms with Gasteiger partial charge in [0.2, 0.25) is 5.91 Å². The van der Waals surface area contributed by atoms with Gasteiger partial charge in [0.15, 0.2) is 0 Å².